The molecule has 0 amide bonds. The number of hydrogen-bond acceptors (Lipinski definition) is 12. The highest BCUT2D eigenvalue weighted by Crippen LogP contribution is 2.45. The van der Waals surface area contributed by atoms with Crippen molar-refractivity contribution in [2.45, 2.75) is 76.7 Å². The molecule has 12 unspecified atom stereocenters. The molecule has 38 heavy (non-hydrogen) atoms. The summed E-state index contributed by atoms with van der Waals surface area (Å²) in [4.78, 5) is 26.3. The van der Waals surface area contributed by atoms with Crippen LogP contribution in [0.2, 0.25) is 0 Å². The molecule has 2 saturated heterocycles. The number of aliphatic hydroxyl groups excluding tert-OH is 5. The van der Waals surface area contributed by atoms with Gasteiger partial charge in [-0.2, -0.15) is 0 Å². The maximum atomic E-state index is 13.3. The molecular formula is C26H38O12. The molecule has 12 heteroatoms. The topological polar surface area (TPSA) is 181 Å². The Bertz CT molecular complexity index is 931. The van der Waals surface area contributed by atoms with Crippen molar-refractivity contribution < 1.29 is 58.8 Å². The van der Waals surface area contributed by atoms with Crippen molar-refractivity contribution in [2.75, 3.05) is 19.8 Å². The van der Waals surface area contributed by atoms with E-state index >= 15 is 0 Å². The van der Waals surface area contributed by atoms with Crippen molar-refractivity contribution in [1.82, 2.24) is 0 Å². The van der Waals surface area contributed by atoms with Gasteiger partial charge < -0.3 is 49.2 Å². The summed E-state index contributed by atoms with van der Waals surface area (Å²) in [7, 11) is 0. The van der Waals surface area contributed by atoms with E-state index in [1.165, 1.54) is 0 Å². The van der Waals surface area contributed by atoms with E-state index in [-0.39, 0.29) is 48.9 Å². The minimum atomic E-state index is -1.66. The van der Waals surface area contributed by atoms with Crippen LogP contribution in [0.1, 0.15) is 33.6 Å². The molecule has 0 aromatic rings. The number of esters is 2. The van der Waals surface area contributed by atoms with Gasteiger partial charge in [-0.25, -0.2) is 4.79 Å². The first-order chi connectivity index (χ1) is 18.1. The monoisotopic (exact) mass is 542 g/mol. The van der Waals surface area contributed by atoms with Gasteiger partial charge >= 0.3 is 11.9 Å². The number of rotatable bonds is 5. The zero-order valence-corrected chi connectivity index (χ0v) is 21.7. The molecule has 1 aliphatic carbocycles. The van der Waals surface area contributed by atoms with Crippen LogP contribution in [0.5, 0.6) is 0 Å². The number of carbonyl (C=O) groups excluding carboxylic acids is 2. The molecule has 3 aliphatic heterocycles. The second-order valence-corrected chi connectivity index (χ2v) is 10.6. The molecule has 4 aliphatic rings. The lowest BCUT2D eigenvalue weighted by molar-refractivity contribution is -0.327. The predicted molar refractivity (Wildman–Crippen MR) is 128 cm³/mol. The van der Waals surface area contributed by atoms with E-state index in [0.29, 0.717) is 12.0 Å². The number of cyclic esters (lactones) is 1. The molecule has 3 heterocycles. The SMILES string of the molecule is C/C=C1\C(OC2OC(CO)C(O)C(O)C2O)OC=C2C(=O)OC3CC(C(C)CO)C(COC(=O)CC21)C3C. The highest BCUT2D eigenvalue weighted by atomic mass is 16.8. The van der Waals surface area contributed by atoms with Crippen molar-refractivity contribution in [3.63, 3.8) is 0 Å². The summed E-state index contributed by atoms with van der Waals surface area (Å²) in [6.45, 7) is 5.02. The Kier molecular flexibility index (Phi) is 9.13. The second kappa shape index (κ2) is 12.0. The van der Waals surface area contributed by atoms with E-state index in [2.05, 4.69) is 0 Å². The van der Waals surface area contributed by atoms with Crippen LogP contribution in [0, 0.1) is 29.6 Å². The highest BCUT2D eigenvalue weighted by Gasteiger charge is 2.49. The number of ether oxygens (including phenoxy) is 5. The molecule has 214 valence electrons. The molecule has 12 atom stereocenters. The molecule has 2 bridgehead atoms. The molecule has 0 radical (unpaired) electrons. The van der Waals surface area contributed by atoms with Gasteiger partial charge in [-0.1, -0.05) is 19.9 Å². The minimum absolute atomic E-state index is 0.0230. The zero-order chi connectivity index (χ0) is 27.7. The standard InChI is InChI=1S/C26H38O12/c1-4-13-15-6-20(29)34-9-16-12(3)18(5-14(16)11(2)7-27)36-24(33)17(15)10-35-25(13)38-26-23(32)22(31)21(30)19(8-28)37-26/h4,10-12,14-16,18-19,21-23,25-28,30-32H,5-9H2,1-3H3/b13-4-. The Morgan fingerprint density at radius 2 is 1.89 bits per heavy atom. The fourth-order valence-electron chi connectivity index (χ4n) is 5.97. The van der Waals surface area contributed by atoms with Crippen molar-refractivity contribution in [3.05, 3.63) is 23.5 Å². The van der Waals surface area contributed by atoms with Gasteiger partial charge in [0, 0.05) is 24.0 Å². The van der Waals surface area contributed by atoms with Crippen molar-refractivity contribution in [1.29, 1.82) is 0 Å². The van der Waals surface area contributed by atoms with Crippen LogP contribution < -0.4 is 0 Å². The summed E-state index contributed by atoms with van der Waals surface area (Å²) in [6, 6.07) is 0. The Morgan fingerprint density at radius 3 is 2.55 bits per heavy atom. The Balaban J connectivity index is 1.57. The van der Waals surface area contributed by atoms with Crippen LogP contribution >= 0.6 is 0 Å². The molecule has 3 fully saturated rings. The van der Waals surface area contributed by atoms with Gasteiger partial charge in [0.25, 0.3) is 0 Å². The third-order valence-corrected chi connectivity index (χ3v) is 8.44. The summed E-state index contributed by atoms with van der Waals surface area (Å²) in [5.41, 5.74) is 0.477. The van der Waals surface area contributed by atoms with Gasteiger partial charge in [-0.05, 0) is 31.1 Å². The van der Waals surface area contributed by atoms with E-state index in [1.54, 1.807) is 13.0 Å². The summed E-state index contributed by atoms with van der Waals surface area (Å²) in [6.07, 6.45) is -6.07. The lowest BCUT2D eigenvalue weighted by Gasteiger charge is -2.42. The number of carbonyl (C=O) groups is 2. The summed E-state index contributed by atoms with van der Waals surface area (Å²) in [5.74, 6) is -2.17. The van der Waals surface area contributed by atoms with E-state index in [0.717, 1.165) is 6.26 Å². The summed E-state index contributed by atoms with van der Waals surface area (Å²) in [5, 5.41) is 49.7. The van der Waals surface area contributed by atoms with E-state index in [9.17, 15) is 35.1 Å². The average Bonchev–Trinajstić information content (AvgIpc) is 3.20. The lowest BCUT2D eigenvalue weighted by Crippen LogP contribution is -2.60. The first-order valence-corrected chi connectivity index (χ1v) is 13.1. The molecule has 12 nitrogen and oxygen atoms in total. The first-order valence-electron chi connectivity index (χ1n) is 13.1. The van der Waals surface area contributed by atoms with Gasteiger partial charge in [-0.15, -0.1) is 0 Å². The third-order valence-electron chi connectivity index (χ3n) is 8.44. The molecule has 0 aromatic heterocycles. The van der Waals surface area contributed by atoms with E-state index in [4.69, 9.17) is 23.7 Å². The van der Waals surface area contributed by atoms with Gasteiger partial charge in [0.2, 0.25) is 6.29 Å². The van der Waals surface area contributed by atoms with Crippen molar-refractivity contribution >= 4 is 11.9 Å². The molecule has 5 N–H and O–H groups in total. The fraction of sp³-hybridized carbons (Fsp3) is 0.769. The van der Waals surface area contributed by atoms with Crippen molar-refractivity contribution in [2.24, 2.45) is 29.6 Å². The Hall–Kier alpha value is -2.06. The van der Waals surface area contributed by atoms with Gasteiger partial charge in [0.05, 0.1) is 31.5 Å². The summed E-state index contributed by atoms with van der Waals surface area (Å²) >= 11 is 0. The number of aliphatic hydroxyl groups is 5. The molecule has 1 saturated carbocycles. The fourth-order valence-corrected chi connectivity index (χ4v) is 5.97. The number of allylic oxidation sites excluding steroid dienone is 1. The van der Waals surface area contributed by atoms with Crippen molar-refractivity contribution in [3.8, 4) is 0 Å². The van der Waals surface area contributed by atoms with E-state index in [1.807, 2.05) is 13.8 Å². The minimum Gasteiger partial charge on any atom is -0.468 e. The average molecular weight is 543 g/mol. The van der Waals surface area contributed by atoms with Crippen LogP contribution in [0.15, 0.2) is 23.5 Å². The number of hydrogen-bond donors (Lipinski definition) is 5. The molecular weight excluding hydrogens is 504 g/mol. The van der Waals surface area contributed by atoms with Crippen LogP contribution in [-0.2, 0) is 33.3 Å². The maximum absolute atomic E-state index is 13.3. The predicted octanol–water partition coefficient (Wildman–Crippen LogP) is -0.635. The second-order valence-electron chi connectivity index (χ2n) is 10.6. The van der Waals surface area contributed by atoms with Gasteiger partial charge in [0.15, 0.2) is 6.29 Å². The zero-order valence-electron chi connectivity index (χ0n) is 21.7. The highest BCUT2D eigenvalue weighted by molar-refractivity contribution is 5.91. The molecule has 0 aromatic carbocycles. The van der Waals surface area contributed by atoms with Gasteiger partial charge in [0.1, 0.15) is 30.5 Å². The normalized spacial score (nSPS) is 43.7. The Labute approximate surface area is 220 Å². The van der Waals surface area contributed by atoms with Crippen LogP contribution in [0.4, 0.5) is 0 Å². The first kappa shape index (κ1) is 28.9. The maximum Gasteiger partial charge on any atom is 0.338 e. The quantitative estimate of drug-likeness (QED) is 0.219. The largest absolute Gasteiger partial charge is 0.468 e. The Morgan fingerprint density at radius 1 is 1.16 bits per heavy atom. The third kappa shape index (κ3) is 5.48. The molecule has 4 rings (SSSR count). The van der Waals surface area contributed by atoms with E-state index < -0.39 is 67.6 Å². The summed E-state index contributed by atoms with van der Waals surface area (Å²) < 4.78 is 28.4. The van der Waals surface area contributed by atoms with Crippen LogP contribution in [0.3, 0.4) is 0 Å². The smallest absolute Gasteiger partial charge is 0.338 e. The molecule has 0 spiro atoms. The lowest BCUT2D eigenvalue weighted by atomic mass is 9.83. The van der Waals surface area contributed by atoms with Crippen LogP contribution in [-0.4, -0.2) is 100 Å². The van der Waals surface area contributed by atoms with Crippen LogP contribution in [0.25, 0.3) is 0 Å². The van der Waals surface area contributed by atoms with Gasteiger partial charge in [-0.3, -0.25) is 4.79 Å². The number of fused-ring (bicyclic) bond motifs is 3.